The van der Waals surface area contributed by atoms with Crippen LogP contribution in [0.4, 0.5) is 4.79 Å². The zero-order valence-corrected chi connectivity index (χ0v) is 28.7. The molecule has 11 nitrogen and oxygen atoms in total. The highest BCUT2D eigenvalue weighted by Gasteiger charge is 2.38. The number of carbonyl (C=O) groups is 4. The summed E-state index contributed by atoms with van der Waals surface area (Å²) in [6.45, 7) is 12.0. The average Bonchev–Trinajstić information content (AvgIpc) is 2.99. The smallest absolute Gasteiger partial charge is 0.408 e. The van der Waals surface area contributed by atoms with Crippen molar-refractivity contribution in [1.82, 2.24) is 15.5 Å². The molecule has 4 N–H and O–H groups in total. The van der Waals surface area contributed by atoms with Crippen molar-refractivity contribution in [3.05, 3.63) is 95.6 Å². The molecule has 0 spiro atoms. The fraction of sp³-hybridized carbons (Fsp3) is 0.405. The molecule has 3 atom stereocenters. The molecule has 0 aliphatic heterocycles. The predicted molar refractivity (Wildman–Crippen MR) is 181 cm³/mol. The molecule has 0 heterocycles. The highest BCUT2D eigenvalue weighted by Crippen LogP contribution is 2.26. The van der Waals surface area contributed by atoms with Gasteiger partial charge in [-0.3, -0.25) is 9.59 Å². The second-order valence-electron chi connectivity index (χ2n) is 13.5. The third-order valence-electron chi connectivity index (χ3n) is 7.05. The van der Waals surface area contributed by atoms with Crippen LogP contribution in [0.15, 0.2) is 78.9 Å². The van der Waals surface area contributed by atoms with E-state index in [9.17, 15) is 29.4 Å². The maximum Gasteiger partial charge on any atom is 0.408 e. The third kappa shape index (κ3) is 11.6. The molecule has 0 aliphatic carbocycles. The molecule has 3 aromatic rings. The Balaban J connectivity index is 2.04. The summed E-state index contributed by atoms with van der Waals surface area (Å²) in [5, 5.41) is 25.3. The minimum absolute atomic E-state index is 0.0211. The molecule has 11 heteroatoms. The van der Waals surface area contributed by atoms with Crippen molar-refractivity contribution >= 4 is 23.9 Å². The number of carbonyl (C=O) groups excluding carboxylic acids is 4. The number of phenolic OH excluding ortho intramolecular Hbond substituents is 2. The van der Waals surface area contributed by atoms with Gasteiger partial charge in [0.05, 0.1) is 0 Å². The van der Waals surface area contributed by atoms with E-state index >= 15 is 0 Å². The summed E-state index contributed by atoms with van der Waals surface area (Å²) >= 11 is 0. The molecular formula is C37H47N3O8. The summed E-state index contributed by atoms with van der Waals surface area (Å²) in [6, 6.07) is 17.6. The Morgan fingerprint density at radius 2 is 1.19 bits per heavy atom. The standard InChI is InChI=1S/C37H47N3O8/c1-8-40(33(44)29(39-35(46)48-37(5,6)7)22-25-14-18-27(41)19-15-25)31(26-16-20-28(42)21-17-26)32(43)38-30(34(45)47-36(2,3)4)23-24-12-10-9-11-13-24/h9-21,29-31,41-42H,8,22-23H2,1-7H3,(H,38,43)(H,39,46). The van der Waals surface area contributed by atoms with Crippen LogP contribution >= 0.6 is 0 Å². The van der Waals surface area contributed by atoms with E-state index in [4.69, 9.17) is 9.47 Å². The number of phenols is 2. The Hall–Kier alpha value is -5.06. The molecule has 3 amide bonds. The lowest BCUT2D eigenvalue weighted by molar-refractivity contribution is -0.159. The number of ether oxygens (including phenoxy) is 2. The van der Waals surface area contributed by atoms with E-state index < -0.39 is 53.2 Å². The van der Waals surface area contributed by atoms with Crippen molar-refractivity contribution in [2.75, 3.05) is 6.54 Å². The number of alkyl carbamates (subject to hydrolysis) is 1. The predicted octanol–water partition coefficient (Wildman–Crippen LogP) is 5.19. The van der Waals surface area contributed by atoms with Crippen LogP contribution in [-0.4, -0.2) is 68.8 Å². The Labute approximate surface area is 282 Å². The van der Waals surface area contributed by atoms with E-state index in [1.54, 1.807) is 60.6 Å². The highest BCUT2D eigenvalue weighted by molar-refractivity contribution is 5.94. The van der Waals surface area contributed by atoms with Crippen LogP contribution in [0.5, 0.6) is 11.5 Å². The fourth-order valence-corrected chi connectivity index (χ4v) is 4.98. The van der Waals surface area contributed by atoms with Crippen molar-refractivity contribution in [1.29, 1.82) is 0 Å². The molecule has 0 fully saturated rings. The van der Waals surface area contributed by atoms with E-state index in [0.717, 1.165) is 5.56 Å². The van der Waals surface area contributed by atoms with Gasteiger partial charge in [0, 0.05) is 19.4 Å². The molecule has 3 unspecified atom stereocenters. The number of hydrogen-bond donors (Lipinski definition) is 4. The first-order valence-electron chi connectivity index (χ1n) is 15.9. The van der Waals surface area contributed by atoms with E-state index in [0.29, 0.717) is 11.1 Å². The lowest BCUT2D eigenvalue weighted by Crippen LogP contribution is -2.55. The van der Waals surface area contributed by atoms with Gasteiger partial charge in [-0.2, -0.15) is 0 Å². The normalized spacial score (nSPS) is 13.4. The summed E-state index contributed by atoms with van der Waals surface area (Å²) < 4.78 is 11.1. The van der Waals surface area contributed by atoms with Gasteiger partial charge in [0.25, 0.3) is 0 Å². The van der Waals surface area contributed by atoms with Crippen LogP contribution in [0.3, 0.4) is 0 Å². The van der Waals surface area contributed by atoms with Gasteiger partial charge in [-0.05, 0) is 89.4 Å². The van der Waals surface area contributed by atoms with Gasteiger partial charge in [-0.15, -0.1) is 0 Å². The minimum Gasteiger partial charge on any atom is -0.508 e. The van der Waals surface area contributed by atoms with Gasteiger partial charge in [0.1, 0.15) is 40.8 Å². The van der Waals surface area contributed by atoms with E-state index in [-0.39, 0.29) is 30.9 Å². The van der Waals surface area contributed by atoms with E-state index in [1.807, 2.05) is 30.3 Å². The van der Waals surface area contributed by atoms with Crippen LogP contribution in [0.25, 0.3) is 0 Å². The number of nitrogens with zero attached hydrogens (tertiary/aromatic N) is 1. The second-order valence-corrected chi connectivity index (χ2v) is 13.5. The number of amides is 3. The Morgan fingerprint density at radius 3 is 1.71 bits per heavy atom. The van der Waals surface area contributed by atoms with Crippen molar-refractivity contribution in [3.8, 4) is 11.5 Å². The molecular weight excluding hydrogens is 614 g/mol. The van der Waals surface area contributed by atoms with Crippen LogP contribution in [0.1, 0.15) is 71.2 Å². The molecule has 0 radical (unpaired) electrons. The SMILES string of the molecule is CCN(C(=O)C(Cc1ccc(O)cc1)NC(=O)OC(C)(C)C)C(C(=O)NC(Cc1ccccc1)C(=O)OC(C)(C)C)c1ccc(O)cc1. The summed E-state index contributed by atoms with van der Waals surface area (Å²) in [7, 11) is 0. The zero-order chi connectivity index (χ0) is 35.6. The number of nitrogens with one attached hydrogen (secondary N) is 2. The third-order valence-corrected chi connectivity index (χ3v) is 7.05. The average molecular weight is 662 g/mol. The largest absolute Gasteiger partial charge is 0.508 e. The first kappa shape index (κ1) is 37.4. The van der Waals surface area contributed by atoms with Crippen LogP contribution in [0, 0.1) is 0 Å². The van der Waals surface area contributed by atoms with Gasteiger partial charge >= 0.3 is 12.1 Å². The number of likely N-dealkylation sites (N-methyl/N-ethyl adjacent to an activating group) is 1. The van der Waals surface area contributed by atoms with Crippen LogP contribution in [0.2, 0.25) is 0 Å². The molecule has 3 rings (SSSR count). The Morgan fingerprint density at radius 1 is 0.688 bits per heavy atom. The van der Waals surface area contributed by atoms with E-state index in [1.165, 1.54) is 41.3 Å². The Kier molecular flexibility index (Phi) is 12.6. The summed E-state index contributed by atoms with van der Waals surface area (Å²) in [5.41, 5.74) is 0.118. The van der Waals surface area contributed by atoms with Crippen molar-refractivity contribution < 1.29 is 38.9 Å². The van der Waals surface area contributed by atoms with Gasteiger partial charge in [-0.25, -0.2) is 9.59 Å². The molecule has 0 aliphatic rings. The molecule has 0 saturated heterocycles. The van der Waals surface area contributed by atoms with Gasteiger partial charge < -0.3 is 35.2 Å². The maximum atomic E-state index is 14.4. The summed E-state index contributed by atoms with van der Waals surface area (Å²) in [4.78, 5) is 56.4. The quantitative estimate of drug-likeness (QED) is 0.193. The second kappa shape index (κ2) is 16.2. The molecule has 48 heavy (non-hydrogen) atoms. The first-order valence-corrected chi connectivity index (χ1v) is 15.9. The molecule has 0 bridgehead atoms. The van der Waals surface area contributed by atoms with Crippen molar-refractivity contribution in [2.45, 2.75) is 90.6 Å². The van der Waals surface area contributed by atoms with Gasteiger partial charge in [0.15, 0.2) is 0 Å². The lowest BCUT2D eigenvalue weighted by Gasteiger charge is -2.34. The Bertz CT molecular complexity index is 1530. The first-order chi connectivity index (χ1) is 22.5. The van der Waals surface area contributed by atoms with E-state index in [2.05, 4.69) is 10.6 Å². The fourth-order valence-electron chi connectivity index (χ4n) is 4.98. The van der Waals surface area contributed by atoms with Gasteiger partial charge in [0.2, 0.25) is 11.8 Å². The van der Waals surface area contributed by atoms with Crippen LogP contribution < -0.4 is 10.6 Å². The summed E-state index contributed by atoms with van der Waals surface area (Å²) in [5.74, 6) is -1.91. The topological polar surface area (TPSA) is 154 Å². The number of aromatic hydroxyl groups is 2. The number of benzene rings is 3. The van der Waals surface area contributed by atoms with Crippen molar-refractivity contribution in [2.24, 2.45) is 0 Å². The summed E-state index contributed by atoms with van der Waals surface area (Å²) in [6.07, 6.45) is -0.671. The van der Waals surface area contributed by atoms with Crippen molar-refractivity contribution in [3.63, 3.8) is 0 Å². The molecule has 3 aromatic carbocycles. The van der Waals surface area contributed by atoms with Crippen LogP contribution in [-0.2, 0) is 36.7 Å². The molecule has 0 saturated carbocycles. The number of hydrogen-bond acceptors (Lipinski definition) is 8. The lowest BCUT2D eigenvalue weighted by atomic mass is 9.99. The molecule has 0 aromatic heterocycles. The maximum absolute atomic E-state index is 14.4. The minimum atomic E-state index is -1.27. The highest BCUT2D eigenvalue weighted by atomic mass is 16.6. The number of rotatable bonds is 12. The zero-order valence-electron chi connectivity index (χ0n) is 28.7. The molecule has 258 valence electrons. The van der Waals surface area contributed by atoms with Gasteiger partial charge in [-0.1, -0.05) is 54.6 Å². The monoisotopic (exact) mass is 661 g/mol. The number of esters is 1.